The molecule has 0 aromatic heterocycles. The molecule has 2 aromatic carbocycles. The second-order valence-electron chi connectivity index (χ2n) is 11.9. The van der Waals surface area contributed by atoms with E-state index in [9.17, 15) is 24.0 Å². The van der Waals surface area contributed by atoms with Crippen molar-refractivity contribution in [3.63, 3.8) is 0 Å². The van der Waals surface area contributed by atoms with E-state index in [0.717, 1.165) is 0 Å². The number of amides is 5. The number of nitrogens with one attached hydrogen (secondary N) is 2. The minimum absolute atomic E-state index is 0.0837. The van der Waals surface area contributed by atoms with Gasteiger partial charge in [-0.05, 0) is 50.1 Å². The number of hydrogen-bond donors (Lipinski definition) is 2. The average Bonchev–Trinajstić information content (AvgIpc) is 3.58. The number of fused-ring (bicyclic) bond motifs is 3. The van der Waals surface area contributed by atoms with E-state index in [1.54, 1.807) is 26.8 Å². The van der Waals surface area contributed by atoms with Crippen molar-refractivity contribution < 1.29 is 47.0 Å². The molecule has 14 heteroatoms. The lowest BCUT2D eigenvalue weighted by Gasteiger charge is -2.35. The maximum atomic E-state index is 15.3. The van der Waals surface area contributed by atoms with Crippen LogP contribution < -0.4 is 20.1 Å². The lowest BCUT2D eigenvalue weighted by Crippen LogP contribution is -2.58. The van der Waals surface area contributed by atoms with Gasteiger partial charge in [-0.2, -0.15) is 0 Å². The van der Waals surface area contributed by atoms with Gasteiger partial charge < -0.3 is 29.7 Å². The molecule has 5 amide bonds. The first kappa shape index (κ1) is 29.1. The minimum atomic E-state index is -1.95. The van der Waals surface area contributed by atoms with Gasteiger partial charge in [0.25, 0.3) is 17.7 Å². The van der Waals surface area contributed by atoms with E-state index in [4.69, 9.17) is 14.2 Å². The molecule has 4 heterocycles. The molecule has 44 heavy (non-hydrogen) atoms. The number of rotatable bonds is 6. The predicted molar refractivity (Wildman–Crippen MR) is 147 cm³/mol. The Morgan fingerprint density at radius 3 is 2.55 bits per heavy atom. The van der Waals surface area contributed by atoms with Crippen molar-refractivity contribution >= 4 is 35.8 Å². The molecule has 0 radical (unpaired) electrons. The standard InChI is InChI=1S/C30H28F2N4O8/c1-29(2,3)27(40)44-13-36-26(39)30(34-28(36)41,12-35-10-14-5-6-18(42-4)21(31)20(14)25(35)38)17-8-15-7-16-9-33-24(37)19(16)22(32)23(15)43-11-17/h5-8H,9-13H2,1-4H3,(H,33,37)(H,34,41)/t30-/m0/s1. The molecule has 0 aliphatic carbocycles. The molecule has 0 saturated carbocycles. The lowest BCUT2D eigenvalue weighted by atomic mass is 9.85. The topological polar surface area (TPSA) is 144 Å². The van der Waals surface area contributed by atoms with Gasteiger partial charge in [-0.1, -0.05) is 6.07 Å². The van der Waals surface area contributed by atoms with Gasteiger partial charge >= 0.3 is 12.0 Å². The zero-order chi connectivity index (χ0) is 31.7. The van der Waals surface area contributed by atoms with E-state index in [1.165, 1.54) is 30.2 Å². The van der Waals surface area contributed by atoms with Crippen molar-refractivity contribution in [1.29, 1.82) is 0 Å². The van der Waals surface area contributed by atoms with Crippen molar-refractivity contribution in [3.8, 4) is 11.5 Å². The third kappa shape index (κ3) is 4.35. The zero-order valence-electron chi connectivity index (χ0n) is 24.3. The van der Waals surface area contributed by atoms with Gasteiger partial charge in [0.1, 0.15) is 6.61 Å². The van der Waals surface area contributed by atoms with E-state index < -0.39 is 72.2 Å². The fraction of sp³-hybridized carbons (Fsp3) is 0.367. The molecule has 2 aromatic rings. The summed E-state index contributed by atoms with van der Waals surface area (Å²) in [5.41, 5.74) is -2.12. The summed E-state index contributed by atoms with van der Waals surface area (Å²) in [6, 6.07) is 3.55. The largest absolute Gasteiger partial charge is 0.494 e. The Labute approximate surface area is 249 Å². The van der Waals surface area contributed by atoms with Crippen LogP contribution in [0.4, 0.5) is 13.6 Å². The number of esters is 1. The number of halogens is 2. The molecule has 0 spiro atoms. The molecule has 4 aliphatic heterocycles. The first-order valence-corrected chi connectivity index (χ1v) is 13.7. The average molecular weight is 611 g/mol. The van der Waals surface area contributed by atoms with Gasteiger partial charge in [-0.25, -0.2) is 18.5 Å². The Morgan fingerprint density at radius 1 is 1.09 bits per heavy atom. The number of urea groups is 1. The monoisotopic (exact) mass is 610 g/mol. The Bertz CT molecular complexity index is 1720. The second-order valence-corrected chi connectivity index (χ2v) is 11.9. The Balaban J connectivity index is 1.40. The molecule has 0 unspecified atom stereocenters. The van der Waals surface area contributed by atoms with Crippen LogP contribution in [0, 0.1) is 17.0 Å². The van der Waals surface area contributed by atoms with Crippen LogP contribution >= 0.6 is 0 Å². The Hall–Kier alpha value is -5.01. The first-order valence-electron chi connectivity index (χ1n) is 13.7. The highest BCUT2D eigenvalue weighted by molar-refractivity contribution is 6.11. The third-order valence-electron chi connectivity index (χ3n) is 8.06. The van der Waals surface area contributed by atoms with E-state index in [-0.39, 0.29) is 46.9 Å². The molecule has 0 bridgehead atoms. The highest BCUT2D eigenvalue weighted by Crippen LogP contribution is 2.40. The normalized spacial score (nSPS) is 20.5. The van der Waals surface area contributed by atoms with E-state index in [0.29, 0.717) is 16.0 Å². The highest BCUT2D eigenvalue weighted by atomic mass is 19.1. The maximum Gasteiger partial charge on any atom is 0.328 e. The summed E-state index contributed by atoms with van der Waals surface area (Å²) in [6.07, 6.45) is 1.46. The van der Waals surface area contributed by atoms with E-state index in [2.05, 4.69) is 10.6 Å². The summed E-state index contributed by atoms with van der Waals surface area (Å²) in [7, 11) is 1.27. The van der Waals surface area contributed by atoms with Crippen molar-refractivity contribution in [3.05, 3.63) is 63.2 Å². The van der Waals surface area contributed by atoms with Gasteiger partial charge in [0.05, 0.1) is 30.2 Å². The second kappa shape index (κ2) is 10.0. The van der Waals surface area contributed by atoms with Crippen molar-refractivity contribution in [1.82, 2.24) is 20.4 Å². The predicted octanol–water partition coefficient (Wildman–Crippen LogP) is 2.49. The van der Waals surface area contributed by atoms with Crippen LogP contribution in [0.3, 0.4) is 0 Å². The zero-order valence-corrected chi connectivity index (χ0v) is 24.3. The fourth-order valence-electron chi connectivity index (χ4n) is 5.71. The first-order chi connectivity index (χ1) is 20.8. The van der Waals surface area contributed by atoms with Crippen LogP contribution in [0.1, 0.15) is 58.2 Å². The number of hydrogen-bond acceptors (Lipinski definition) is 8. The number of benzene rings is 2. The van der Waals surface area contributed by atoms with Crippen LogP contribution in [0.25, 0.3) is 6.08 Å². The lowest BCUT2D eigenvalue weighted by molar-refractivity contribution is -0.158. The van der Waals surface area contributed by atoms with Crippen molar-refractivity contribution in [2.24, 2.45) is 5.41 Å². The molecular formula is C30H28F2N4O8. The molecule has 230 valence electrons. The van der Waals surface area contributed by atoms with Crippen LogP contribution in [-0.4, -0.2) is 72.1 Å². The van der Waals surface area contributed by atoms with E-state index in [1.807, 2.05) is 0 Å². The third-order valence-corrected chi connectivity index (χ3v) is 8.06. The molecule has 6 rings (SSSR count). The summed E-state index contributed by atoms with van der Waals surface area (Å²) in [5.74, 6) is -4.88. The summed E-state index contributed by atoms with van der Waals surface area (Å²) >= 11 is 0. The molecular weight excluding hydrogens is 582 g/mol. The number of nitrogens with zero attached hydrogens (tertiary/aromatic N) is 2. The van der Waals surface area contributed by atoms with Crippen LogP contribution in [0.2, 0.25) is 0 Å². The molecule has 1 atom stereocenters. The highest BCUT2D eigenvalue weighted by Gasteiger charge is 2.57. The molecule has 4 aliphatic rings. The van der Waals surface area contributed by atoms with Gasteiger partial charge in [0, 0.05) is 24.2 Å². The fourth-order valence-corrected chi connectivity index (χ4v) is 5.71. The molecule has 1 fully saturated rings. The number of imide groups is 1. The van der Waals surface area contributed by atoms with Gasteiger partial charge in [0.2, 0.25) is 0 Å². The van der Waals surface area contributed by atoms with Crippen LogP contribution in [0.15, 0.2) is 23.8 Å². The number of carbonyl (C=O) groups is 5. The maximum absolute atomic E-state index is 15.3. The molecule has 1 saturated heterocycles. The quantitative estimate of drug-likeness (QED) is 0.375. The Kier molecular flexibility index (Phi) is 6.63. The number of methoxy groups -OCH3 is 1. The van der Waals surface area contributed by atoms with Crippen molar-refractivity contribution in [2.75, 3.05) is 27.0 Å². The minimum Gasteiger partial charge on any atom is -0.494 e. The van der Waals surface area contributed by atoms with E-state index >= 15 is 8.78 Å². The van der Waals surface area contributed by atoms with Gasteiger partial charge in [-0.15, -0.1) is 0 Å². The number of ether oxygens (including phenoxy) is 3. The summed E-state index contributed by atoms with van der Waals surface area (Å²) < 4.78 is 46.4. The summed E-state index contributed by atoms with van der Waals surface area (Å²) in [4.78, 5) is 67.3. The van der Waals surface area contributed by atoms with Gasteiger partial charge in [0.15, 0.2) is 35.4 Å². The van der Waals surface area contributed by atoms with Crippen LogP contribution in [-0.2, 0) is 27.4 Å². The smallest absolute Gasteiger partial charge is 0.328 e. The van der Waals surface area contributed by atoms with Crippen LogP contribution in [0.5, 0.6) is 11.5 Å². The number of carbonyl (C=O) groups excluding carboxylic acids is 5. The van der Waals surface area contributed by atoms with Crippen molar-refractivity contribution in [2.45, 2.75) is 39.4 Å². The molecule has 12 nitrogen and oxygen atoms in total. The SMILES string of the molecule is COc1ccc2c(c1F)C(=O)N(C[C@@]1(C3=Cc4cc5c(c(F)c4OC3)C(=O)NC5)NC(=O)N(COC(=O)C(C)(C)C)C1=O)C2. The summed E-state index contributed by atoms with van der Waals surface area (Å²) in [6.45, 7) is 3.27. The molecule has 2 N–H and O–H groups in total. The Morgan fingerprint density at radius 2 is 1.84 bits per heavy atom. The summed E-state index contributed by atoms with van der Waals surface area (Å²) in [5, 5.41) is 5.19. The van der Waals surface area contributed by atoms with Gasteiger partial charge in [-0.3, -0.25) is 19.2 Å².